The summed E-state index contributed by atoms with van der Waals surface area (Å²) in [6.07, 6.45) is -4.49. The highest BCUT2D eigenvalue weighted by Gasteiger charge is 2.32. The Morgan fingerprint density at radius 3 is 2.69 bits per heavy atom. The van der Waals surface area contributed by atoms with Gasteiger partial charge in [-0.05, 0) is 29.8 Å². The Bertz CT molecular complexity index is 854. The Kier molecular flexibility index (Phi) is 5.58. The van der Waals surface area contributed by atoms with E-state index in [0.717, 1.165) is 17.7 Å². The van der Waals surface area contributed by atoms with Gasteiger partial charge in [-0.15, -0.1) is 0 Å². The van der Waals surface area contributed by atoms with Crippen LogP contribution >= 0.6 is 23.4 Å². The summed E-state index contributed by atoms with van der Waals surface area (Å²) in [5, 5.41) is 1.11. The molecule has 0 spiro atoms. The van der Waals surface area contributed by atoms with E-state index in [2.05, 4.69) is 4.99 Å². The van der Waals surface area contributed by atoms with Gasteiger partial charge in [-0.2, -0.15) is 13.2 Å². The predicted molar refractivity (Wildman–Crippen MR) is 97.5 cm³/mol. The van der Waals surface area contributed by atoms with Gasteiger partial charge in [0.15, 0.2) is 5.17 Å². The van der Waals surface area contributed by atoms with Gasteiger partial charge in [0.25, 0.3) is 5.91 Å². The van der Waals surface area contributed by atoms with Crippen LogP contribution in [0.25, 0.3) is 0 Å². The summed E-state index contributed by atoms with van der Waals surface area (Å²) >= 11 is 7.46. The maximum atomic E-state index is 12.9. The average molecular weight is 399 g/mol. The molecule has 3 rings (SSSR count). The molecule has 8 heteroatoms. The third kappa shape index (κ3) is 4.22. The third-order valence-corrected chi connectivity index (χ3v) is 5.23. The van der Waals surface area contributed by atoms with Crippen LogP contribution in [0.1, 0.15) is 21.5 Å². The van der Waals surface area contributed by atoms with E-state index in [1.807, 2.05) is 18.2 Å². The van der Waals surface area contributed by atoms with E-state index in [1.165, 1.54) is 28.8 Å². The lowest BCUT2D eigenvalue weighted by molar-refractivity contribution is -0.137. The second kappa shape index (κ2) is 7.72. The van der Waals surface area contributed by atoms with E-state index >= 15 is 0 Å². The number of benzene rings is 2. The Balaban J connectivity index is 1.73. The molecule has 1 amide bonds. The number of hydrogen-bond donors (Lipinski definition) is 0. The van der Waals surface area contributed by atoms with E-state index in [-0.39, 0.29) is 5.56 Å². The molecule has 0 unspecified atom stereocenters. The van der Waals surface area contributed by atoms with Crippen LogP contribution in [0.15, 0.2) is 53.5 Å². The topological polar surface area (TPSA) is 32.7 Å². The van der Waals surface area contributed by atoms with Crippen LogP contribution in [0.5, 0.6) is 0 Å². The van der Waals surface area contributed by atoms with Gasteiger partial charge in [0.05, 0.1) is 12.1 Å². The number of amidine groups is 1. The summed E-state index contributed by atoms with van der Waals surface area (Å²) in [4.78, 5) is 18.4. The molecule has 1 aliphatic heterocycles. The third-order valence-electron chi connectivity index (χ3n) is 3.80. The first-order chi connectivity index (χ1) is 12.4. The highest BCUT2D eigenvalue weighted by atomic mass is 35.5. The van der Waals surface area contributed by atoms with Crippen LogP contribution < -0.4 is 0 Å². The lowest BCUT2D eigenvalue weighted by Gasteiger charge is -2.18. The quantitative estimate of drug-likeness (QED) is 0.720. The number of carbonyl (C=O) groups excluding carboxylic acids is 1. The van der Waals surface area contributed by atoms with E-state index < -0.39 is 17.6 Å². The number of hydrogen-bond acceptors (Lipinski definition) is 3. The van der Waals surface area contributed by atoms with Gasteiger partial charge in [-0.3, -0.25) is 14.7 Å². The summed E-state index contributed by atoms with van der Waals surface area (Å²) in [6, 6.07) is 11.8. The number of rotatable bonds is 3. The van der Waals surface area contributed by atoms with Crippen molar-refractivity contribution in [3.8, 4) is 0 Å². The van der Waals surface area contributed by atoms with Gasteiger partial charge in [0.1, 0.15) is 0 Å². The summed E-state index contributed by atoms with van der Waals surface area (Å²) in [6.45, 7) is 0.773. The lowest BCUT2D eigenvalue weighted by atomic mass is 10.1. The van der Waals surface area contributed by atoms with Gasteiger partial charge in [-0.25, -0.2) is 0 Å². The fourth-order valence-electron chi connectivity index (χ4n) is 2.48. The Hall–Kier alpha value is -1.99. The zero-order valence-electron chi connectivity index (χ0n) is 13.5. The monoisotopic (exact) mass is 398 g/mol. The SMILES string of the molecule is O=C(c1cccc(C(F)(F)F)c1)N1CCN=C1SCc1ccccc1Cl. The molecule has 1 heterocycles. The summed E-state index contributed by atoms with van der Waals surface area (Å²) in [7, 11) is 0. The predicted octanol–water partition coefficient (Wildman–Crippen LogP) is 5.10. The van der Waals surface area contributed by atoms with Crippen LogP contribution in [0.2, 0.25) is 5.02 Å². The zero-order valence-corrected chi connectivity index (χ0v) is 15.0. The molecule has 2 aromatic carbocycles. The summed E-state index contributed by atoms with van der Waals surface area (Å²) < 4.78 is 38.6. The van der Waals surface area contributed by atoms with Crippen molar-refractivity contribution in [1.82, 2.24) is 4.90 Å². The Labute approximate surface area is 157 Å². The van der Waals surface area contributed by atoms with Gasteiger partial charge < -0.3 is 0 Å². The Morgan fingerprint density at radius 2 is 1.96 bits per heavy atom. The molecule has 0 atom stereocenters. The first kappa shape index (κ1) is 18.8. The molecule has 0 saturated heterocycles. The molecule has 0 saturated carbocycles. The number of thioether (sulfide) groups is 1. The van der Waals surface area contributed by atoms with E-state index in [1.54, 1.807) is 6.07 Å². The van der Waals surface area contributed by atoms with Crippen molar-refractivity contribution in [3.63, 3.8) is 0 Å². The fourth-order valence-corrected chi connectivity index (χ4v) is 3.81. The van der Waals surface area contributed by atoms with Crippen LogP contribution in [0, 0.1) is 0 Å². The minimum absolute atomic E-state index is 0.00670. The molecule has 0 aliphatic carbocycles. The van der Waals surface area contributed by atoms with Crippen LogP contribution in [-0.2, 0) is 11.9 Å². The van der Waals surface area contributed by atoms with Crippen molar-refractivity contribution < 1.29 is 18.0 Å². The Morgan fingerprint density at radius 1 is 1.19 bits per heavy atom. The van der Waals surface area contributed by atoms with Crippen LogP contribution in [-0.4, -0.2) is 29.1 Å². The summed E-state index contributed by atoms with van der Waals surface area (Å²) in [5.41, 5.74) is 0.0535. The van der Waals surface area contributed by atoms with Crippen molar-refractivity contribution >= 4 is 34.4 Å². The lowest BCUT2D eigenvalue weighted by Crippen LogP contribution is -2.33. The molecule has 0 bridgehead atoms. The molecule has 26 heavy (non-hydrogen) atoms. The standard InChI is InChI=1S/C18H14ClF3N2OS/c19-15-7-2-1-4-13(15)11-26-17-23-8-9-24(17)16(25)12-5-3-6-14(10-12)18(20,21)22/h1-7,10H,8-9,11H2. The molecule has 3 nitrogen and oxygen atoms in total. The van der Waals surface area contributed by atoms with Crippen LogP contribution in [0.3, 0.4) is 0 Å². The maximum absolute atomic E-state index is 12.9. The number of alkyl halides is 3. The molecule has 2 aromatic rings. The van der Waals surface area contributed by atoms with Gasteiger partial charge in [0, 0.05) is 22.9 Å². The number of carbonyl (C=O) groups is 1. The molecule has 0 fully saturated rings. The minimum Gasteiger partial charge on any atom is -0.286 e. The second-order valence-corrected chi connectivity index (χ2v) is 6.93. The summed E-state index contributed by atoms with van der Waals surface area (Å²) in [5.74, 6) is 0.0317. The first-order valence-electron chi connectivity index (χ1n) is 7.76. The number of aliphatic imine (C=N–C) groups is 1. The highest BCUT2D eigenvalue weighted by Crippen LogP contribution is 2.30. The van der Waals surface area contributed by atoms with E-state index in [4.69, 9.17) is 11.6 Å². The molecule has 0 N–H and O–H groups in total. The van der Waals surface area contributed by atoms with Crippen molar-refractivity contribution in [1.29, 1.82) is 0 Å². The maximum Gasteiger partial charge on any atom is 0.416 e. The van der Waals surface area contributed by atoms with Gasteiger partial charge in [-0.1, -0.05) is 47.6 Å². The van der Waals surface area contributed by atoms with E-state index in [9.17, 15) is 18.0 Å². The van der Waals surface area contributed by atoms with Crippen molar-refractivity contribution in [2.24, 2.45) is 4.99 Å². The number of amides is 1. The van der Waals surface area contributed by atoms with E-state index in [0.29, 0.717) is 29.0 Å². The number of nitrogens with zero attached hydrogens (tertiary/aromatic N) is 2. The molecule has 0 aromatic heterocycles. The van der Waals surface area contributed by atoms with Crippen LogP contribution in [0.4, 0.5) is 13.2 Å². The molecule has 136 valence electrons. The fraction of sp³-hybridized carbons (Fsp3) is 0.222. The molecule has 1 aliphatic rings. The normalized spacial score (nSPS) is 14.5. The molecular weight excluding hydrogens is 385 g/mol. The average Bonchev–Trinajstić information content (AvgIpc) is 3.08. The van der Waals surface area contributed by atoms with Crippen molar-refractivity contribution in [2.75, 3.05) is 13.1 Å². The largest absolute Gasteiger partial charge is 0.416 e. The zero-order chi connectivity index (χ0) is 18.7. The smallest absolute Gasteiger partial charge is 0.286 e. The first-order valence-corrected chi connectivity index (χ1v) is 9.12. The number of halogens is 4. The second-order valence-electron chi connectivity index (χ2n) is 5.58. The minimum atomic E-state index is -4.49. The van der Waals surface area contributed by atoms with Crippen molar-refractivity contribution in [3.05, 3.63) is 70.2 Å². The van der Waals surface area contributed by atoms with Crippen molar-refractivity contribution in [2.45, 2.75) is 11.9 Å². The van der Waals surface area contributed by atoms with Gasteiger partial charge in [0.2, 0.25) is 0 Å². The highest BCUT2D eigenvalue weighted by molar-refractivity contribution is 8.13. The molecular formula is C18H14ClF3N2OS. The van der Waals surface area contributed by atoms with Gasteiger partial charge >= 0.3 is 6.18 Å². The molecule has 0 radical (unpaired) electrons.